The van der Waals surface area contributed by atoms with Gasteiger partial charge in [0.05, 0.1) is 5.56 Å². The quantitative estimate of drug-likeness (QED) is 0.733. The molecule has 1 heterocycles. The van der Waals surface area contributed by atoms with E-state index in [1.54, 1.807) is 12.1 Å². The Morgan fingerprint density at radius 3 is 2.52 bits per heavy atom. The maximum atomic E-state index is 13.3. The first-order valence-electron chi connectivity index (χ1n) is 6.48. The van der Waals surface area contributed by atoms with Crippen molar-refractivity contribution in [3.63, 3.8) is 0 Å². The van der Waals surface area contributed by atoms with Gasteiger partial charge in [-0.3, -0.25) is 9.59 Å². The molecule has 0 aliphatic carbocycles. The molecule has 2 aromatic carbocycles. The third kappa shape index (κ3) is 2.36. The highest BCUT2D eigenvalue weighted by atomic mass is 19.1. The molecule has 1 aromatic heterocycles. The first-order chi connectivity index (χ1) is 10.1. The maximum absolute atomic E-state index is 13.3. The van der Waals surface area contributed by atoms with Crippen LogP contribution in [-0.2, 0) is 0 Å². The van der Waals surface area contributed by atoms with Gasteiger partial charge in [-0.1, -0.05) is 29.8 Å². The summed E-state index contributed by atoms with van der Waals surface area (Å²) in [6, 6.07) is 10.8. The zero-order valence-electron chi connectivity index (χ0n) is 11.3. The van der Waals surface area contributed by atoms with Crippen LogP contribution in [-0.4, -0.2) is 10.8 Å². The number of benzene rings is 2. The minimum atomic E-state index is -0.507. The second-order valence-corrected chi connectivity index (χ2v) is 4.92. The normalized spacial score (nSPS) is 10.8. The average Bonchev–Trinajstić information content (AvgIpc) is 2.48. The number of hydrogen-bond donors (Lipinski definition) is 1. The number of ketones is 1. The van der Waals surface area contributed by atoms with Crippen molar-refractivity contribution in [1.82, 2.24) is 4.98 Å². The molecule has 0 aliphatic rings. The summed E-state index contributed by atoms with van der Waals surface area (Å²) >= 11 is 0. The third-order valence-electron chi connectivity index (χ3n) is 3.40. The molecule has 0 atom stereocenters. The van der Waals surface area contributed by atoms with E-state index in [9.17, 15) is 14.0 Å². The summed E-state index contributed by atoms with van der Waals surface area (Å²) in [6.45, 7) is 1.92. The Morgan fingerprint density at radius 2 is 1.81 bits per heavy atom. The molecule has 0 saturated carbocycles. The Bertz CT molecular complexity index is 895. The summed E-state index contributed by atoms with van der Waals surface area (Å²) in [5.74, 6) is -0.879. The Labute approximate surface area is 120 Å². The summed E-state index contributed by atoms with van der Waals surface area (Å²) in [7, 11) is 0. The highest BCUT2D eigenvalue weighted by Gasteiger charge is 2.15. The van der Waals surface area contributed by atoms with Crippen LogP contribution in [0.4, 0.5) is 4.39 Å². The fourth-order valence-electron chi connectivity index (χ4n) is 2.22. The zero-order valence-corrected chi connectivity index (χ0v) is 11.3. The Morgan fingerprint density at radius 1 is 1.10 bits per heavy atom. The molecule has 3 rings (SSSR count). The van der Waals surface area contributed by atoms with E-state index >= 15 is 0 Å². The number of aromatic amines is 1. The van der Waals surface area contributed by atoms with E-state index in [1.165, 1.54) is 18.3 Å². The van der Waals surface area contributed by atoms with E-state index in [0.29, 0.717) is 11.1 Å². The molecule has 3 aromatic rings. The number of carbonyl (C=O) groups excluding carboxylic acids is 1. The molecule has 104 valence electrons. The van der Waals surface area contributed by atoms with Crippen LogP contribution in [0.3, 0.4) is 0 Å². The first kappa shape index (κ1) is 13.2. The van der Waals surface area contributed by atoms with Gasteiger partial charge >= 0.3 is 0 Å². The number of aromatic nitrogens is 1. The SMILES string of the molecule is Cc1ccc(C(=O)c2c[nH]c3ccc(F)cc3c2=O)cc1. The third-order valence-corrected chi connectivity index (χ3v) is 3.40. The van der Waals surface area contributed by atoms with Crippen LogP contribution in [0, 0.1) is 12.7 Å². The lowest BCUT2D eigenvalue weighted by Crippen LogP contribution is -2.16. The van der Waals surface area contributed by atoms with Crippen molar-refractivity contribution in [3.8, 4) is 0 Å². The molecule has 0 bridgehead atoms. The van der Waals surface area contributed by atoms with E-state index in [0.717, 1.165) is 11.6 Å². The molecule has 0 aliphatic heterocycles. The predicted octanol–water partition coefficient (Wildman–Crippen LogP) is 3.21. The average molecular weight is 281 g/mol. The van der Waals surface area contributed by atoms with Gasteiger partial charge in [0.1, 0.15) is 5.82 Å². The van der Waals surface area contributed by atoms with Crippen molar-refractivity contribution in [3.05, 3.63) is 81.4 Å². The lowest BCUT2D eigenvalue weighted by Gasteiger charge is -2.04. The number of fused-ring (bicyclic) bond motifs is 1. The largest absolute Gasteiger partial charge is 0.360 e. The fraction of sp³-hybridized carbons (Fsp3) is 0.0588. The molecule has 0 unspecified atom stereocenters. The zero-order chi connectivity index (χ0) is 15.0. The van der Waals surface area contributed by atoms with Gasteiger partial charge in [0.25, 0.3) is 0 Å². The summed E-state index contributed by atoms with van der Waals surface area (Å²) in [4.78, 5) is 27.6. The lowest BCUT2D eigenvalue weighted by atomic mass is 10.0. The van der Waals surface area contributed by atoms with Gasteiger partial charge in [-0.2, -0.15) is 0 Å². The number of nitrogens with one attached hydrogen (secondary N) is 1. The molecule has 0 radical (unpaired) electrons. The van der Waals surface area contributed by atoms with Gasteiger partial charge < -0.3 is 4.98 Å². The van der Waals surface area contributed by atoms with Crippen molar-refractivity contribution >= 4 is 16.7 Å². The molecule has 21 heavy (non-hydrogen) atoms. The Kier molecular flexibility index (Phi) is 3.14. The molecule has 0 spiro atoms. The van der Waals surface area contributed by atoms with E-state index < -0.39 is 11.2 Å². The number of H-pyrrole nitrogens is 1. The molecule has 3 nitrogen and oxygen atoms in total. The summed E-state index contributed by atoms with van der Waals surface area (Å²) in [6.07, 6.45) is 1.38. The minimum Gasteiger partial charge on any atom is -0.360 e. The molecule has 0 fully saturated rings. The highest BCUT2D eigenvalue weighted by Crippen LogP contribution is 2.13. The van der Waals surface area contributed by atoms with Crippen LogP contribution in [0.25, 0.3) is 10.9 Å². The number of aryl methyl sites for hydroxylation is 1. The Balaban J connectivity index is 2.16. The van der Waals surface area contributed by atoms with Gasteiger partial charge in [-0.05, 0) is 25.1 Å². The van der Waals surface area contributed by atoms with Crippen molar-refractivity contribution in [2.45, 2.75) is 6.92 Å². The topological polar surface area (TPSA) is 49.9 Å². The number of carbonyl (C=O) groups is 1. The van der Waals surface area contributed by atoms with Gasteiger partial charge in [0.2, 0.25) is 5.43 Å². The molecule has 4 heteroatoms. The van der Waals surface area contributed by atoms with E-state index in [4.69, 9.17) is 0 Å². The summed E-state index contributed by atoms with van der Waals surface area (Å²) < 4.78 is 13.3. The van der Waals surface area contributed by atoms with E-state index in [1.807, 2.05) is 19.1 Å². The van der Waals surface area contributed by atoms with Gasteiger partial charge in [-0.15, -0.1) is 0 Å². The van der Waals surface area contributed by atoms with Crippen molar-refractivity contribution in [2.75, 3.05) is 0 Å². The van der Waals surface area contributed by atoms with Gasteiger partial charge in [0, 0.05) is 22.7 Å². The Hall–Kier alpha value is -2.75. The van der Waals surface area contributed by atoms with Crippen LogP contribution < -0.4 is 5.43 Å². The second-order valence-electron chi connectivity index (χ2n) is 4.92. The summed E-state index contributed by atoms with van der Waals surface area (Å²) in [5, 5.41) is 0.174. The molecule has 0 saturated heterocycles. The van der Waals surface area contributed by atoms with Crippen LogP contribution in [0.2, 0.25) is 0 Å². The number of halogens is 1. The van der Waals surface area contributed by atoms with Crippen molar-refractivity contribution in [1.29, 1.82) is 0 Å². The fourth-order valence-corrected chi connectivity index (χ4v) is 2.22. The number of hydrogen-bond acceptors (Lipinski definition) is 2. The van der Waals surface area contributed by atoms with Crippen molar-refractivity contribution in [2.24, 2.45) is 0 Å². The van der Waals surface area contributed by atoms with Gasteiger partial charge in [0.15, 0.2) is 5.78 Å². The minimum absolute atomic E-state index is 0.0111. The van der Waals surface area contributed by atoms with E-state index in [-0.39, 0.29) is 16.7 Å². The van der Waals surface area contributed by atoms with Crippen molar-refractivity contribution < 1.29 is 9.18 Å². The molecular weight excluding hydrogens is 269 g/mol. The van der Waals surface area contributed by atoms with Crippen LogP contribution in [0.15, 0.2) is 53.5 Å². The number of rotatable bonds is 2. The number of pyridine rings is 1. The van der Waals surface area contributed by atoms with Crippen LogP contribution in [0.5, 0.6) is 0 Å². The standard InChI is InChI=1S/C17H12FNO2/c1-10-2-4-11(5-3-10)16(20)14-9-19-15-7-6-12(18)8-13(15)17(14)21/h2-9H,1H3,(H,19,21). The van der Waals surface area contributed by atoms with Crippen LogP contribution in [0.1, 0.15) is 21.5 Å². The molecular formula is C17H12FNO2. The van der Waals surface area contributed by atoms with Crippen LogP contribution >= 0.6 is 0 Å². The first-order valence-corrected chi connectivity index (χ1v) is 6.48. The smallest absolute Gasteiger partial charge is 0.200 e. The lowest BCUT2D eigenvalue weighted by molar-refractivity contribution is 0.103. The molecule has 0 amide bonds. The second kappa shape index (κ2) is 4.98. The summed E-state index contributed by atoms with van der Waals surface area (Å²) in [5.41, 5.74) is 1.51. The monoisotopic (exact) mass is 281 g/mol. The van der Waals surface area contributed by atoms with E-state index in [2.05, 4.69) is 4.98 Å². The highest BCUT2D eigenvalue weighted by molar-refractivity contribution is 6.10. The predicted molar refractivity (Wildman–Crippen MR) is 79.1 cm³/mol. The maximum Gasteiger partial charge on any atom is 0.200 e. The molecule has 1 N–H and O–H groups in total. The van der Waals surface area contributed by atoms with Gasteiger partial charge in [-0.25, -0.2) is 4.39 Å².